The lowest BCUT2D eigenvalue weighted by Gasteiger charge is -2.13. The molecule has 0 spiro atoms. The zero-order valence-electron chi connectivity index (χ0n) is 11.2. The standard InChI is InChI=1S/C14H16N2O3/c1-6-10(7(2)14(17)18)8(3)15-13-11(6)12(16-19-13)9-4-5-9/h7,9H,4-5H2,1-3H3,(H,17,18). The molecule has 100 valence electrons. The molecule has 0 amide bonds. The van der Waals surface area contributed by atoms with Gasteiger partial charge >= 0.3 is 5.97 Å². The average Bonchev–Trinajstić information content (AvgIpc) is 3.10. The van der Waals surface area contributed by atoms with Crippen LogP contribution in [0.3, 0.4) is 0 Å². The highest BCUT2D eigenvalue weighted by molar-refractivity contribution is 5.85. The van der Waals surface area contributed by atoms with Gasteiger partial charge in [0.25, 0.3) is 5.71 Å². The number of aromatic nitrogens is 2. The van der Waals surface area contributed by atoms with E-state index in [0.717, 1.165) is 35.0 Å². The lowest BCUT2D eigenvalue weighted by molar-refractivity contribution is -0.138. The molecular weight excluding hydrogens is 244 g/mol. The molecular formula is C14H16N2O3. The minimum atomic E-state index is -0.836. The van der Waals surface area contributed by atoms with Crippen molar-refractivity contribution in [2.75, 3.05) is 0 Å². The number of rotatable bonds is 3. The summed E-state index contributed by atoms with van der Waals surface area (Å²) in [5, 5.41) is 14.3. The van der Waals surface area contributed by atoms with E-state index >= 15 is 0 Å². The fourth-order valence-electron chi connectivity index (χ4n) is 2.74. The Balaban J connectivity index is 2.27. The highest BCUT2D eigenvalue weighted by Gasteiger charge is 2.32. The van der Waals surface area contributed by atoms with E-state index in [4.69, 9.17) is 4.52 Å². The Morgan fingerprint density at radius 3 is 2.68 bits per heavy atom. The second-order valence-electron chi connectivity index (χ2n) is 5.32. The first-order valence-electron chi connectivity index (χ1n) is 6.50. The summed E-state index contributed by atoms with van der Waals surface area (Å²) in [4.78, 5) is 15.6. The van der Waals surface area contributed by atoms with Gasteiger partial charge in [-0.05, 0) is 44.7 Å². The van der Waals surface area contributed by atoms with Gasteiger partial charge in [-0.1, -0.05) is 5.16 Å². The quantitative estimate of drug-likeness (QED) is 0.918. The summed E-state index contributed by atoms with van der Waals surface area (Å²) in [7, 11) is 0. The third-order valence-corrected chi connectivity index (χ3v) is 3.91. The predicted molar refractivity (Wildman–Crippen MR) is 69.3 cm³/mol. The summed E-state index contributed by atoms with van der Waals surface area (Å²) in [5.41, 5.74) is 3.90. The number of pyridine rings is 1. The van der Waals surface area contributed by atoms with Crippen LogP contribution in [0.2, 0.25) is 0 Å². The first-order chi connectivity index (χ1) is 9.00. The number of carbonyl (C=O) groups is 1. The number of aryl methyl sites for hydroxylation is 2. The minimum Gasteiger partial charge on any atom is -0.481 e. The first-order valence-corrected chi connectivity index (χ1v) is 6.50. The van der Waals surface area contributed by atoms with Gasteiger partial charge in [0.15, 0.2) is 0 Å². The first kappa shape index (κ1) is 12.1. The number of nitrogens with zero attached hydrogens (tertiary/aromatic N) is 2. The Kier molecular flexibility index (Phi) is 2.59. The molecule has 2 aromatic heterocycles. The molecule has 0 saturated heterocycles. The maximum absolute atomic E-state index is 11.2. The van der Waals surface area contributed by atoms with Gasteiger partial charge in [0.1, 0.15) is 0 Å². The molecule has 0 bridgehead atoms. The molecule has 1 atom stereocenters. The van der Waals surface area contributed by atoms with Gasteiger partial charge in [-0.25, -0.2) is 4.98 Å². The molecule has 1 N–H and O–H groups in total. The maximum Gasteiger partial charge on any atom is 0.310 e. The van der Waals surface area contributed by atoms with Crippen LogP contribution >= 0.6 is 0 Å². The van der Waals surface area contributed by atoms with Crippen LogP contribution in [0.1, 0.15) is 54.1 Å². The van der Waals surface area contributed by atoms with Crippen LogP contribution in [0.4, 0.5) is 0 Å². The van der Waals surface area contributed by atoms with Crippen molar-refractivity contribution in [2.24, 2.45) is 0 Å². The summed E-state index contributed by atoms with van der Waals surface area (Å²) in [6.45, 7) is 5.45. The molecule has 5 nitrogen and oxygen atoms in total. The lowest BCUT2D eigenvalue weighted by atomic mass is 9.92. The summed E-state index contributed by atoms with van der Waals surface area (Å²) in [6.07, 6.45) is 2.25. The Hall–Kier alpha value is -1.91. The van der Waals surface area contributed by atoms with Gasteiger partial charge in [-0.2, -0.15) is 0 Å². The van der Waals surface area contributed by atoms with Gasteiger partial charge in [0.05, 0.1) is 17.0 Å². The van der Waals surface area contributed by atoms with E-state index in [0.29, 0.717) is 17.3 Å². The van der Waals surface area contributed by atoms with Crippen molar-refractivity contribution in [3.8, 4) is 0 Å². The van der Waals surface area contributed by atoms with E-state index in [9.17, 15) is 9.90 Å². The second kappa shape index (κ2) is 4.05. The molecule has 3 rings (SSSR count). The minimum absolute atomic E-state index is 0.456. The number of carboxylic acid groups (broad SMARTS) is 1. The van der Waals surface area contributed by atoms with Crippen LogP contribution in [-0.4, -0.2) is 21.2 Å². The molecule has 0 radical (unpaired) electrons. The van der Waals surface area contributed by atoms with Crippen molar-refractivity contribution in [1.29, 1.82) is 0 Å². The smallest absolute Gasteiger partial charge is 0.310 e. The fourth-order valence-corrected chi connectivity index (χ4v) is 2.74. The summed E-state index contributed by atoms with van der Waals surface area (Å²) in [5.74, 6) is -0.951. The van der Waals surface area contributed by atoms with Gasteiger partial charge in [-0.3, -0.25) is 4.79 Å². The Morgan fingerprint density at radius 2 is 2.11 bits per heavy atom. The molecule has 0 aromatic carbocycles. The van der Waals surface area contributed by atoms with Crippen molar-refractivity contribution < 1.29 is 14.4 Å². The van der Waals surface area contributed by atoms with Gasteiger partial charge in [0.2, 0.25) is 0 Å². The largest absolute Gasteiger partial charge is 0.481 e. The zero-order valence-corrected chi connectivity index (χ0v) is 11.2. The number of fused-ring (bicyclic) bond motifs is 1. The Bertz CT molecular complexity index is 671. The number of hydrogen-bond donors (Lipinski definition) is 1. The van der Waals surface area contributed by atoms with E-state index in [1.54, 1.807) is 6.92 Å². The monoisotopic (exact) mass is 260 g/mol. The highest BCUT2D eigenvalue weighted by atomic mass is 16.5. The molecule has 2 heterocycles. The zero-order chi connectivity index (χ0) is 13.7. The van der Waals surface area contributed by atoms with Crippen molar-refractivity contribution >= 4 is 17.1 Å². The fraction of sp³-hybridized carbons (Fsp3) is 0.500. The van der Waals surface area contributed by atoms with Crippen molar-refractivity contribution in [2.45, 2.75) is 45.4 Å². The molecule has 5 heteroatoms. The molecule has 1 aliphatic carbocycles. The SMILES string of the molecule is Cc1nc2onc(C3CC3)c2c(C)c1C(C)C(=O)O. The highest BCUT2D eigenvalue weighted by Crippen LogP contribution is 2.44. The van der Waals surface area contributed by atoms with Crippen molar-refractivity contribution in [3.05, 3.63) is 22.5 Å². The van der Waals surface area contributed by atoms with E-state index in [1.807, 2.05) is 13.8 Å². The molecule has 1 fully saturated rings. The van der Waals surface area contributed by atoms with Crippen LogP contribution in [0.5, 0.6) is 0 Å². The van der Waals surface area contributed by atoms with Gasteiger partial charge in [0, 0.05) is 11.6 Å². The summed E-state index contributed by atoms with van der Waals surface area (Å²) >= 11 is 0. The normalized spacial score (nSPS) is 16.8. The van der Waals surface area contributed by atoms with Crippen molar-refractivity contribution in [1.82, 2.24) is 10.1 Å². The number of carboxylic acids is 1. The molecule has 1 aliphatic rings. The van der Waals surface area contributed by atoms with Crippen LogP contribution < -0.4 is 0 Å². The second-order valence-corrected chi connectivity index (χ2v) is 5.32. The predicted octanol–water partition coefficient (Wildman–Crippen LogP) is 2.91. The Labute approximate surface area is 110 Å². The van der Waals surface area contributed by atoms with E-state index in [2.05, 4.69) is 10.1 Å². The lowest BCUT2D eigenvalue weighted by Crippen LogP contribution is -2.12. The summed E-state index contributed by atoms with van der Waals surface area (Å²) in [6, 6.07) is 0. The van der Waals surface area contributed by atoms with E-state index < -0.39 is 11.9 Å². The van der Waals surface area contributed by atoms with Gasteiger partial charge in [-0.15, -0.1) is 0 Å². The van der Waals surface area contributed by atoms with Crippen LogP contribution in [-0.2, 0) is 4.79 Å². The van der Waals surface area contributed by atoms with Crippen LogP contribution in [0, 0.1) is 13.8 Å². The summed E-state index contributed by atoms with van der Waals surface area (Å²) < 4.78 is 5.30. The number of aliphatic carboxylic acids is 1. The third-order valence-electron chi connectivity index (χ3n) is 3.91. The average molecular weight is 260 g/mol. The maximum atomic E-state index is 11.2. The third kappa shape index (κ3) is 1.80. The molecule has 1 unspecified atom stereocenters. The van der Waals surface area contributed by atoms with Crippen LogP contribution in [0.15, 0.2) is 4.52 Å². The molecule has 19 heavy (non-hydrogen) atoms. The Morgan fingerprint density at radius 1 is 1.42 bits per heavy atom. The van der Waals surface area contributed by atoms with E-state index in [1.165, 1.54) is 0 Å². The van der Waals surface area contributed by atoms with E-state index in [-0.39, 0.29) is 0 Å². The van der Waals surface area contributed by atoms with Crippen LogP contribution in [0.25, 0.3) is 11.1 Å². The molecule has 0 aliphatic heterocycles. The van der Waals surface area contributed by atoms with Gasteiger partial charge < -0.3 is 9.63 Å². The molecule has 2 aromatic rings. The van der Waals surface area contributed by atoms with Crippen molar-refractivity contribution in [3.63, 3.8) is 0 Å². The number of hydrogen-bond acceptors (Lipinski definition) is 4. The molecule has 1 saturated carbocycles. The topological polar surface area (TPSA) is 76.2 Å².